The van der Waals surface area contributed by atoms with Gasteiger partial charge in [0.15, 0.2) is 0 Å². The van der Waals surface area contributed by atoms with Crippen molar-refractivity contribution in [2.75, 3.05) is 4.90 Å². The molecule has 26 heavy (non-hydrogen) atoms. The van der Waals surface area contributed by atoms with E-state index in [0.29, 0.717) is 10.9 Å². The SMILES string of the molecule is CC(C)N(C(=O)CCn1cnc2ccc(Br)cc2c1=O)c1cccnc1. The highest BCUT2D eigenvalue weighted by Crippen LogP contribution is 2.17. The Morgan fingerprint density at radius 3 is 2.81 bits per heavy atom. The van der Waals surface area contributed by atoms with Crippen molar-refractivity contribution in [2.45, 2.75) is 32.9 Å². The van der Waals surface area contributed by atoms with Crippen LogP contribution in [0.3, 0.4) is 0 Å². The molecule has 134 valence electrons. The molecule has 7 heteroatoms. The highest BCUT2D eigenvalue weighted by atomic mass is 79.9. The quantitative estimate of drug-likeness (QED) is 0.641. The average Bonchev–Trinajstić information content (AvgIpc) is 2.62. The molecule has 0 aliphatic carbocycles. The molecule has 0 atom stereocenters. The fraction of sp³-hybridized carbons (Fsp3) is 0.263. The van der Waals surface area contributed by atoms with E-state index in [1.54, 1.807) is 35.5 Å². The van der Waals surface area contributed by atoms with E-state index in [1.165, 1.54) is 10.9 Å². The number of nitrogens with zero attached hydrogens (tertiary/aromatic N) is 4. The van der Waals surface area contributed by atoms with Crippen LogP contribution < -0.4 is 10.5 Å². The molecule has 0 N–H and O–H groups in total. The van der Waals surface area contributed by atoms with Gasteiger partial charge in [0.25, 0.3) is 5.56 Å². The number of pyridine rings is 1. The third kappa shape index (κ3) is 3.83. The van der Waals surface area contributed by atoms with Crippen LogP contribution in [0.4, 0.5) is 5.69 Å². The summed E-state index contributed by atoms with van der Waals surface area (Å²) in [6.07, 6.45) is 5.04. The van der Waals surface area contributed by atoms with Crippen molar-refractivity contribution < 1.29 is 4.79 Å². The van der Waals surface area contributed by atoms with Crippen LogP contribution in [0.15, 0.2) is 58.3 Å². The number of rotatable bonds is 5. The first-order chi connectivity index (χ1) is 12.5. The van der Waals surface area contributed by atoms with Gasteiger partial charge in [-0.2, -0.15) is 0 Å². The maximum absolute atomic E-state index is 12.7. The van der Waals surface area contributed by atoms with Gasteiger partial charge < -0.3 is 4.90 Å². The third-order valence-corrected chi connectivity index (χ3v) is 4.56. The molecule has 3 rings (SSSR count). The second-order valence-corrected chi connectivity index (χ2v) is 7.14. The number of aryl methyl sites for hydroxylation is 1. The lowest BCUT2D eigenvalue weighted by molar-refractivity contribution is -0.119. The number of carbonyl (C=O) groups is 1. The molecule has 0 saturated heterocycles. The van der Waals surface area contributed by atoms with Crippen LogP contribution in [-0.2, 0) is 11.3 Å². The number of halogens is 1. The molecule has 0 unspecified atom stereocenters. The zero-order chi connectivity index (χ0) is 18.7. The molecule has 3 aromatic rings. The van der Waals surface area contributed by atoms with E-state index in [1.807, 2.05) is 26.0 Å². The second-order valence-electron chi connectivity index (χ2n) is 6.22. The van der Waals surface area contributed by atoms with Crippen molar-refractivity contribution in [3.63, 3.8) is 0 Å². The number of hydrogen-bond acceptors (Lipinski definition) is 4. The Morgan fingerprint density at radius 2 is 2.12 bits per heavy atom. The maximum atomic E-state index is 12.7. The van der Waals surface area contributed by atoms with Crippen molar-refractivity contribution in [3.8, 4) is 0 Å². The van der Waals surface area contributed by atoms with Gasteiger partial charge in [-0.3, -0.25) is 19.1 Å². The van der Waals surface area contributed by atoms with E-state index < -0.39 is 0 Å². The number of anilines is 1. The predicted molar refractivity (Wildman–Crippen MR) is 105 cm³/mol. The molecule has 2 heterocycles. The lowest BCUT2D eigenvalue weighted by Crippen LogP contribution is -2.38. The van der Waals surface area contributed by atoms with Crippen molar-refractivity contribution in [1.82, 2.24) is 14.5 Å². The lowest BCUT2D eigenvalue weighted by atomic mass is 10.2. The summed E-state index contributed by atoms with van der Waals surface area (Å²) < 4.78 is 2.30. The summed E-state index contributed by atoms with van der Waals surface area (Å²) in [6.45, 7) is 4.18. The van der Waals surface area contributed by atoms with E-state index in [2.05, 4.69) is 25.9 Å². The lowest BCUT2D eigenvalue weighted by Gasteiger charge is -2.26. The van der Waals surface area contributed by atoms with Crippen LogP contribution in [0.5, 0.6) is 0 Å². The Kier molecular flexibility index (Phi) is 5.46. The first kappa shape index (κ1) is 18.3. The van der Waals surface area contributed by atoms with Crippen LogP contribution in [0, 0.1) is 0 Å². The molecule has 1 aromatic carbocycles. The van der Waals surface area contributed by atoms with Crippen molar-refractivity contribution in [3.05, 3.63) is 63.9 Å². The summed E-state index contributed by atoms with van der Waals surface area (Å²) in [4.78, 5) is 35.5. The molecule has 0 aliphatic heterocycles. The first-order valence-electron chi connectivity index (χ1n) is 8.34. The van der Waals surface area contributed by atoms with Gasteiger partial charge in [0.2, 0.25) is 5.91 Å². The number of amides is 1. The molecule has 0 aliphatic rings. The molecule has 0 spiro atoms. The fourth-order valence-electron chi connectivity index (χ4n) is 2.85. The average molecular weight is 415 g/mol. The van der Waals surface area contributed by atoms with Crippen LogP contribution in [-0.4, -0.2) is 26.5 Å². The van der Waals surface area contributed by atoms with Crippen molar-refractivity contribution >= 4 is 38.4 Å². The van der Waals surface area contributed by atoms with E-state index in [-0.39, 0.29) is 30.5 Å². The molecular weight excluding hydrogens is 396 g/mol. The minimum atomic E-state index is -0.151. The van der Waals surface area contributed by atoms with Gasteiger partial charge in [-0.1, -0.05) is 15.9 Å². The maximum Gasteiger partial charge on any atom is 0.261 e. The molecular formula is C19H19BrN4O2. The standard InChI is InChI=1S/C19H19BrN4O2/c1-13(2)24(15-4-3-8-21-11-15)18(25)7-9-23-12-22-17-6-5-14(20)10-16(17)19(23)26/h3-6,8,10-13H,7,9H2,1-2H3. The first-order valence-corrected chi connectivity index (χ1v) is 9.13. The Hall–Kier alpha value is -2.54. The summed E-state index contributed by atoms with van der Waals surface area (Å²) in [6, 6.07) is 9.03. The van der Waals surface area contributed by atoms with E-state index in [9.17, 15) is 9.59 Å². The van der Waals surface area contributed by atoms with Crippen molar-refractivity contribution in [1.29, 1.82) is 0 Å². The van der Waals surface area contributed by atoms with E-state index in [0.717, 1.165) is 10.2 Å². The summed E-state index contributed by atoms with van der Waals surface area (Å²) >= 11 is 3.37. The van der Waals surface area contributed by atoms with Crippen LogP contribution in [0.1, 0.15) is 20.3 Å². The number of fused-ring (bicyclic) bond motifs is 1. The van der Waals surface area contributed by atoms with Gasteiger partial charge in [-0.25, -0.2) is 4.98 Å². The highest BCUT2D eigenvalue weighted by Gasteiger charge is 2.19. The summed E-state index contributed by atoms with van der Waals surface area (Å²) in [5, 5.41) is 0.530. The number of hydrogen-bond donors (Lipinski definition) is 0. The number of carbonyl (C=O) groups excluding carboxylic acids is 1. The highest BCUT2D eigenvalue weighted by molar-refractivity contribution is 9.10. The topological polar surface area (TPSA) is 68.1 Å². The van der Waals surface area contributed by atoms with E-state index in [4.69, 9.17) is 0 Å². The predicted octanol–water partition coefficient (Wildman–Crippen LogP) is 3.39. The summed E-state index contributed by atoms with van der Waals surface area (Å²) in [5.41, 5.74) is 1.24. The molecule has 0 radical (unpaired) electrons. The summed E-state index contributed by atoms with van der Waals surface area (Å²) in [7, 11) is 0. The second kappa shape index (κ2) is 7.78. The van der Waals surface area contributed by atoms with Gasteiger partial charge >= 0.3 is 0 Å². The van der Waals surface area contributed by atoms with Gasteiger partial charge in [0, 0.05) is 29.7 Å². The molecule has 1 amide bonds. The normalized spacial score (nSPS) is 11.1. The van der Waals surface area contributed by atoms with E-state index >= 15 is 0 Å². The zero-order valence-electron chi connectivity index (χ0n) is 14.6. The van der Waals surface area contributed by atoms with Crippen LogP contribution in [0.2, 0.25) is 0 Å². The molecule has 0 bridgehead atoms. The third-order valence-electron chi connectivity index (χ3n) is 4.06. The van der Waals surface area contributed by atoms with Gasteiger partial charge in [-0.05, 0) is 44.2 Å². The molecule has 0 saturated carbocycles. The summed E-state index contributed by atoms with van der Waals surface area (Å²) in [5.74, 6) is -0.0609. The Labute approximate surface area is 159 Å². The number of aromatic nitrogens is 3. The smallest absolute Gasteiger partial charge is 0.261 e. The minimum absolute atomic E-state index is 0.00546. The van der Waals surface area contributed by atoms with Crippen molar-refractivity contribution in [2.24, 2.45) is 0 Å². The molecule has 6 nitrogen and oxygen atoms in total. The largest absolute Gasteiger partial charge is 0.308 e. The minimum Gasteiger partial charge on any atom is -0.308 e. The molecule has 2 aromatic heterocycles. The van der Waals surface area contributed by atoms with Gasteiger partial charge in [-0.15, -0.1) is 0 Å². The van der Waals surface area contributed by atoms with Crippen LogP contribution >= 0.6 is 15.9 Å². The monoisotopic (exact) mass is 414 g/mol. The Bertz CT molecular complexity index is 986. The molecule has 0 fully saturated rings. The van der Waals surface area contributed by atoms with Gasteiger partial charge in [0.1, 0.15) is 0 Å². The van der Waals surface area contributed by atoms with Gasteiger partial charge in [0.05, 0.1) is 29.1 Å². The zero-order valence-corrected chi connectivity index (χ0v) is 16.2. The Morgan fingerprint density at radius 1 is 1.31 bits per heavy atom. The number of benzene rings is 1. The Balaban J connectivity index is 1.81. The fourth-order valence-corrected chi connectivity index (χ4v) is 3.21. The van der Waals surface area contributed by atoms with Crippen LogP contribution in [0.25, 0.3) is 10.9 Å².